The van der Waals surface area contributed by atoms with Crippen molar-refractivity contribution in [2.45, 2.75) is 17.7 Å². The lowest BCUT2D eigenvalue weighted by molar-refractivity contribution is -0.119. The van der Waals surface area contributed by atoms with Gasteiger partial charge in [0.2, 0.25) is 5.91 Å². The zero-order chi connectivity index (χ0) is 18.2. The third kappa shape index (κ3) is 4.61. The fourth-order valence-electron chi connectivity index (χ4n) is 2.60. The van der Waals surface area contributed by atoms with E-state index < -0.39 is 0 Å². The number of nitrogens with one attached hydrogen (secondary N) is 1. The number of hydrogen-bond donors (Lipinski definition) is 1. The molecule has 2 aromatic carbocycles. The van der Waals surface area contributed by atoms with E-state index >= 15 is 0 Å². The minimum Gasteiger partial charge on any atom is -0.344 e. The molecule has 0 aliphatic carbocycles. The Kier molecular flexibility index (Phi) is 6.22. The molecule has 0 radical (unpaired) electrons. The van der Waals surface area contributed by atoms with Crippen LogP contribution in [0.15, 0.2) is 84.8 Å². The van der Waals surface area contributed by atoms with Crippen molar-refractivity contribution in [3.05, 3.63) is 90.8 Å². The Morgan fingerprint density at radius 2 is 1.73 bits per heavy atom. The fraction of sp³-hybridized carbons (Fsp3) is 0.150. The molecule has 132 valence electrons. The number of thioether (sulfide) groups is 1. The average molecular weight is 364 g/mol. The molecular formula is C20H20N4OS. The van der Waals surface area contributed by atoms with Crippen LogP contribution in [0.2, 0.25) is 0 Å². The monoisotopic (exact) mass is 364 g/mol. The maximum atomic E-state index is 12.6. The summed E-state index contributed by atoms with van der Waals surface area (Å²) in [4.78, 5) is 12.6. The van der Waals surface area contributed by atoms with Gasteiger partial charge in [-0.05, 0) is 11.1 Å². The molecule has 1 amide bonds. The number of carbonyl (C=O) groups excluding carboxylic acids is 1. The van der Waals surface area contributed by atoms with Gasteiger partial charge in [-0.25, -0.2) is 0 Å². The van der Waals surface area contributed by atoms with Gasteiger partial charge < -0.3 is 9.88 Å². The molecule has 1 aromatic heterocycles. The number of aromatic nitrogens is 3. The summed E-state index contributed by atoms with van der Waals surface area (Å²) in [6, 6.07) is 19.7. The van der Waals surface area contributed by atoms with E-state index in [9.17, 15) is 4.79 Å². The molecule has 5 nitrogen and oxygen atoms in total. The van der Waals surface area contributed by atoms with Crippen LogP contribution in [-0.4, -0.2) is 26.4 Å². The topological polar surface area (TPSA) is 59.8 Å². The van der Waals surface area contributed by atoms with E-state index in [0.29, 0.717) is 11.7 Å². The summed E-state index contributed by atoms with van der Waals surface area (Å²) >= 11 is 1.36. The molecule has 0 spiro atoms. The second-order valence-corrected chi connectivity index (χ2v) is 6.61. The number of allylic oxidation sites excluding steroid dienone is 1. The molecule has 3 rings (SSSR count). The maximum absolute atomic E-state index is 12.6. The molecule has 1 heterocycles. The Morgan fingerprint density at radius 3 is 2.31 bits per heavy atom. The summed E-state index contributed by atoms with van der Waals surface area (Å²) in [6.07, 6.45) is 3.41. The number of amides is 1. The Balaban J connectivity index is 1.70. The average Bonchev–Trinajstić information content (AvgIpc) is 3.13. The standard InChI is InChI=1S/C20H20N4OS/c1-2-13-24-15-21-23-20(24)26-14-18(25)22-19(16-9-5-3-6-10-16)17-11-7-4-8-12-17/h2-12,15,19H,1,13-14H2,(H,22,25). The van der Waals surface area contributed by atoms with Crippen LogP contribution in [0.4, 0.5) is 0 Å². The van der Waals surface area contributed by atoms with Gasteiger partial charge >= 0.3 is 0 Å². The molecule has 0 aliphatic rings. The molecule has 1 N–H and O–H groups in total. The first kappa shape index (κ1) is 17.9. The fourth-order valence-corrected chi connectivity index (χ4v) is 3.34. The van der Waals surface area contributed by atoms with Gasteiger partial charge in [0.05, 0.1) is 11.8 Å². The van der Waals surface area contributed by atoms with Crippen LogP contribution in [-0.2, 0) is 11.3 Å². The van der Waals surface area contributed by atoms with Gasteiger partial charge in [-0.3, -0.25) is 4.79 Å². The first-order valence-corrected chi connectivity index (χ1v) is 9.27. The highest BCUT2D eigenvalue weighted by molar-refractivity contribution is 7.99. The summed E-state index contributed by atoms with van der Waals surface area (Å²) in [6.45, 7) is 4.33. The molecule has 3 aromatic rings. The predicted octanol–water partition coefficient (Wildman–Crippen LogP) is 3.46. The highest BCUT2D eigenvalue weighted by Gasteiger charge is 2.17. The molecule has 6 heteroatoms. The van der Waals surface area contributed by atoms with Crippen molar-refractivity contribution in [2.75, 3.05) is 5.75 Å². The summed E-state index contributed by atoms with van der Waals surface area (Å²) in [5.41, 5.74) is 2.10. The Labute approximate surface area is 157 Å². The molecule has 26 heavy (non-hydrogen) atoms. The molecule has 0 saturated carbocycles. The number of carbonyl (C=O) groups is 1. The second-order valence-electron chi connectivity index (χ2n) is 5.67. The van der Waals surface area contributed by atoms with Gasteiger partial charge in [0, 0.05) is 6.54 Å². The van der Waals surface area contributed by atoms with E-state index in [1.807, 2.05) is 65.2 Å². The summed E-state index contributed by atoms with van der Waals surface area (Å²) < 4.78 is 1.86. The lowest BCUT2D eigenvalue weighted by Gasteiger charge is -2.19. The smallest absolute Gasteiger partial charge is 0.231 e. The van der Waals surface area contributed by atoms with Crippen LogP contribution in [0.1, 0.15) is 17.2 Å². The third-order valence-corrected chi connectivity index (χ3v) is 4.79. The summed E-state index contributed by atoms with van der Waals surface area (Å²) in [7, 11) is 0. The lowest BCUT2D eigenvalue weighted by Crippen LogP contribution is -2.30. The highest BCUT2D eigenvalue weighted by Crippen LogP contribution is 2.22. The number of benzene rings is 2. The molecule has 0 saturated heterocycles. The predicted molar refractivity (Wildman–Crippen MR) is 104 cm³/mol. The number of hydrogen-bond acceptors (Lipinski definition) is 4. The number of rotatable bonds is 8. The SMILES string of the molecule is C=CCn1cnnc1SCC(=O)NC(c1ccccc1)c1ccccc1. The van der Waals surface area contributed by atoms with Gasteiger partial charge in [0.15, 0.2) is 5.16 Å². The molecule has 0 aliphatic heterocycles. The Bertz CT molecular complexity index is 809. The van der Waals surface area contributed by atoms with Crippen LogP contribution in [0.3, 0.4) is 0 Å². The van der Waals surface area contributed by atoms with Gasteiger partial charge in [-0.2, -0.15) is 0 Å². The van der Waals surface area contributed by atoms with Gasteiger partial charge in [-0.15, -0.1) is 16.8 Å². The van der Waals surface area contributed by atoms with E-state index in [4.69, 9.17) is 0 Å². The van der Waals surface area contributed by atoms with Gasteiger partial charge in [0.1, 0.15) is 6.33 Å². The quantitative estimate of drug-likeness (QED) is 0.491. The Morgan fingerprint density at radius 1 is 1.12 bits per heavy atom. The first-order chi connectivity index (χ1) is 12.8. The molecule has 0 bridgehead atoms. The number of nitrogens with zero attached hydrogens (tertiary/aromatic N) is 3. The van der Waals surface area contributed by atoms with E-state index in [-0.39, 0.29) is 17.7 Å². The second kappa shape index (κ2) is 9.01. The highest BCUT2D eigenvalue weighted by atomic mass is 32.2. The van der Waals surface area contributed by atoms with Crippen molar-refractivity contribution in [3.8, 4) is 0 Å². The van der Waals surface area contributed by atoms with Crippen LogP contribution in [0.5, 0.6) is 0 Å². The lowest BCUT2D eigenvalue weighted by atomic mass is 9.99. The normalized spacial score (nSPS) is 10.7. The largest absolute Gasteiger partial charge is 0.344 e. The van der Waals surface area contributed by atoms with Crippen molar-refractivity contribution in [2.24, 2.45) is 0 Å². The minimum absolute atomic E-state index is 0.0548. The molecule has 0 fully saturated rings. The van der Waals surface area contributed by atoms with E-state index in [1.165, 1.54) is 11.8 Å². The molecule has 0 atom stereocenters. The van der Waals surface area contributed by atoms with E-state index in [2.05, 4.69) is 22.1 Å². The van der Waals surface area contributed by atoms with Crippen molar-refractivity contribution >= 4 is 17.7 Å². The zero-order valence-electron chi connectivity index (χ0n) is 14.3. The van der Waals surface area contributed by atoms with Crippen molar-refractivity contribution in [3.63, 3.8) is 0 Å². The van der Waals surface area contributed by atoms with Gasteiger partial charge in [0.25, 0.3) is 0 Å². The van der Waals surface area contributed by atoms with E-state index in [0.717, 1.165) is 11.1 Å². The maximum Gasteiger partial charge on any atom is 0.231 e. The summed E-state index contributed by atoms with van der Waals surface area (Å²) in [5.74, 6) is 0.215. The summed E-state index contributed by atoms with van der Waals surface area (Å²) in [5, 5.41) is 11.8. The van der Waals surface area contributed by atoms with Crippen LogP contribution in [0, 0.1) is 0 Å². The third-order valence-electron chi connectivity index (χ3n) is 3.81. The first-order valence-electron chi connectivity index (χ1n) is 8.28. The minimum atomic E-state index is -0.184. The van der Waals surface area contributed by atoms with Crippen molar-refractivity contribution in [1.29, 1.82) is 0 Å². The molecule has 0 unspecified atom stereocenters. The van der Waals surface area contributed by atoms with Crippen LogP contribution >= 0.6 is 11.8 Å². The Hall–Kier alpha value is -2.86. The molecular weight excluding hydrogens is 344 g/mol. The van der Waals surface area contributed by atoms with Crippen molar-refractivity contribution < 1.29 is 4.79 Å². The zero-order valence-corrected chi connectivity index (χ0v) is 15.1. The van der Waals surface area contributed by atoms with Crippen molar-refractivity contribution in [1.82, 2.24) is 20.1 Å². The van der Waals surface area contributed by atoms with Gasteiger partial charge in [-0.1, -0.05) is 78.5 Å². The van der Waals surface area contributed by atoms with E-state index in [1.54, 1.807) is 12.4 Å². The van der Waals surface area contributed by atoms with Crippen LogP contribution < -0.4 is 5.32 Å². The van der Waals surface area contributed by atoms with Crippen LogP contribution in [0.25, 0.3) is 0 Å².